The van der Waals surface area contributed by atoms with Gasteiger partial charge in [0.15, 0.2) is 5.82 Å². The molecule has 0 bridgehead atoms. The van der Waals surface area contributed by atoms with Crippen molar-refractivity contribution in [1.82, 2.24) is 15.3 Å². The number of nitrogens with two attached hydrogens (primary N) is 1. The zero-order chi connectivity index (χ0) is 20.2. The first-order valence-electron chi connectivity index (χ1n) is 7.59. The Bertz CT molecular complexity index is 787. The van der Waals surface area contributed by atoms with Gasteiger partial charge in [-0.15, -0.1) is 0 Å². The fraction of sp³-hybridized carbons (Fsp3) is 0.312. The van der Waals surface area contributed by atoms with Crippen LogP contribution >= 0.6 is 0 Å². The number of aromatic nitrogens is 2. The molecule has 0 fully saturated rings. The minimum absolute atomic E-state index is 0.0282. The van der Waals surface area contributed by atoms with Crippen LogP contribution in [0.25, 0.3) is 11.4 Å². The summed E-state index contributed by atoms with van der Waals surface area (Å²) in [5.41, 5.74) is 2.09. The van der Waals surface area contributed by atoms with Gasteiger partial charge in [0.05, 0.1) is 23.4 Å². The second-order valence-corrected chi connectivity index (χ2v) is 5.48. The average Bonchev–Trinajstić information content (AvgIpc) is 2.58. The summed E-state index contributed by atoms with van der Waals surface area (Å²) < 4.78 is 77.7. The van der Waals surface area contributed by atoms with Gasteiger partial charge < -0.3 is 11.1 Å². The van der Waals surface area contributed by atoms with Gasteiger partial charge in [-0.3, -0.25) is 4.79 Å². The quantitative estimate of drug-likeness (QED) is 0.766. The summed E-state index contributed by atoms with van der Waals surface area (Å²) in [6.45, 7) is 0.0603. The Balaban J connectivity index is 2.39. The van der Waals surface area contributed by atoms with Crippen LogP contribution in [0.4, 0.5) is 26.3 Å². The largest absolute Gasteiger partial charge is 0.416 e. The van der Waals surface area contributed by atoms with E-state index in [1.165, 1.54) is 12.3 Å². The lowest BCUT2D eigenvalue weighted by Crippen LogP contribution is -2.25. The van der Waals surface area contributed by atoms with E-state index in [0.717, 1.165) is 0 Å². The Hall–Kier alpha value is -2.69. The van der Waals surface area contributed by atoms with Crippen LogP contribution in [0.15, 0.2) is 30.5 Å². The van der Waals surface area contributed by atoms with Crippen molar-refractivity contribution >= 4 is 5.91 Å². The lowest BCUT2D eigenvalue weighted by atomic mass is 10.0. The Morgan fingerprint density at radius 2 is 1.63 bits per heavy atom. The third kappa shape index (κ3) is 5.64. The van der Waals surface area contributed by atoms with E-state index in [2.05, 4.69) is 15.3 Å². The maximum Gasteiger partial charge on any atom is 0.416 e. The monoisotopic (exact) mass is 392 g/mol. The van der Waals surface area contributed by atoms with E-state index in [1.807, 2.05) is 0 Å². The van der Waals surface area contributed by atoms with Gasteiger partial charge in [-0.2, -0.15) is 26.3 Å². The Morgan fingerprint density at radius 3 is 2.15 bits per heavy atom. The summed E-state index contributed by atoms with van der Waals surface area (Å²) in [5.74, 6) is -0.687. The fourth-order valence-corrected chi connectivity index (χ4v) is 2.13. The van der Waals surface area contributed by atoms with Crippen LogP contribution in [-0.4, -0.2) is 22.4 Å². The van der Waals surface area contributed by atoms with Crippen molar-refractivity contribution in [3.8, 4) is 11.4 Å². The topological polar surface area (TPSA) is 80.9 Å². The zero-order valence-electron chi connectivity index (χ0n) is 13.7. The maximum absolute atomic E-state index is 12.9. The minimum atomic E-state index is -4.97. The van der Waals surface area contributed by atoms with Crippen molar-refractivity contribution in [1.29, 1.82) is 0 Å². The number of carbonyl (C=O) groups excluding carboxylic acids is 1. The van der Waals surface area contributed by atoms with E-state index in [-0.39, 0.29) is 43.0 Å². The first kappa shape index (κ1) is 20.6. The molecule has 0 spiro atoms. The van der Waals surface area contributed by atoms with E-state index < -0.39 is 29.0 Å². The average molecular weight is 392 g/mol. The highest BCUT2D eigenvalue weighted by molar-refractivity contribution is 5.76. The van der Waals surface area contributed by atoms with Crippen LogP contribution in [0.5, 0.6) is 0 Å². The molecule has 0 saturated heterocycles. The molecule has 27 heavy (non-hydrogen) atoms. The van der Waals surface area contributed by atoms with E-state index in [4.69, 9.17) is 5.73 Å². The molecule has 0 aliphatic carbocycles. The smallest absolute Gasteiger partial charge is 0.350 e. The van der Waals surface area contributed by atoms with E-state index >= 15 is 0 Å². The van der Waals surface area contributed by atoms with Gasteiger partial charge >= 0.3 is 12.4 Å². The molecular formula is C16H14F6N4O. The predicted octanol–water partition coefficient (Wildman–Crippen LogP) is 3.15. The zero-order valence-corrected chi connectivity index (χ0v) is 13.7. The van der Waals surface area contributed by atoms with Crippen LogP contribution in [0.3, 0.4) is 0 Å². The SMILES string of the molecule is NCCC(=O)NCc1ccnc(-c2cc(C(F)(F)F)cc(C(F)(F)F)c2)n1. The summed E-state index contributed by atoms with van der Waals surface area (Å²) in [7, 11) is 0. The predicted molar refractivity (Wildman–Crippen MR) is 83.0 cm³/mol. The number of carbonyl (C=O) groups is 1. The molecule has 1 aromatic carbocycles. The van der Waals surface area contributed by atoms with Gasteiger partial charge in [-0.1, -0.05) is 0 Å². The van der Waals surface area contributed by atoms with Crippen molar-refractivity contribution in [3.63, 3.8) is 0 Å². The normalized spacial score (nSPS) is 12.1. The van der Waals surface area contributed by atoms with Gasteiger partial charge in [0.2, 0.25) is 5.91 Å². The Morgan fingerprint density at radius 1 is 1.04 bits per heavy atom. The number of rotatable bonds is 5. The number of benzene rings is 1. The molecule has 2 rings (SSSR count). The summed E-state index contributed by atoms with van der Waals surface area (Å²) in [5, 5.41) is 2.48. The van der Waals surface area contributed by atoms with Gasteiger partial charge in [-0.05, 0) is 24.3 Å². The lowest BCUT2D eigenvalue weighted by Gasteiger charge is -2.14. The number of hydrogen-bond acceptors (Lipinski definition) is 4. The first-order valence-corrected chi connectivity index (χ1v) is 7.59. The maximum atomic E-state index is 12.9. The number of hydrogen-bond donors (Lipinski definition) is 2. The van der Waals surface area contributed by atoms with Crippen molar-refractivity contribution < 1.29 is 31.1 Å². The van der Waals surface area contributed by atoms with Crippen molar-refractivity contribution in [2.75, 3.05) is 6.54 Å². The molecule has 0 unspecified atom stereocenters. The molecule has 1 aromatic heterocycles. The summed E-state index contributed by atoms with van der Waals surface area (Å²) in [6.07, 6.45) is -8.69. The highest BCUT2D eigenvalue weighted by Gasteiger charge is 2.37. The van der Waals surface area contributed by atoms with Crippen LogP contribution < -0.4 is 11.1 Å². The third-order valence-electron chi connectivity index (χ3n) is 3.40. The number of nitrogens with zero attached hydrogens (tertiary/aromatic N) is 2. The molecule has 3 N–H and O–H groups in total. The number of amides is 1. The Labute approximate surface area is 149 Å². The van der Waals surface area contributed by atoms with E-state index in [1.54, 1.807) is 0 Å². The van der Waals surface area contributed by atoms with Crippen LogP contribution in [-0.2, 0) is 23.7 Å². The summed E-state index contributed by atoms with van der Waals surface area (Å²) in [6, 6.07) is 2.49. The van der Waals surface area contributed by atoms with Crippen molar-refractivity contribution in [2.24, 2.45) is 5.73 Å². The first-order chi connectivity index (χ1) is 12.5. The third-order valence-corrected chi connectivity index (χ3v) is 3.40. The molecule has 0 radical (unpaired) electrons. The van der Waals surface area contributed by atoms with Gasteiger partial charge in [-0.25, -0.2) is 9.97 Å². The van der Waals surface area contributed by atoms with Gasteiger partial charge in [0.1, 0.15) is 0 Å². The van der Waals surface area contributed by atoms with Crippen LogP contribution in [0.1, 0.15) is 23.2 Å². The van der Waals surface area contributed by atoms with Crippen LogP contribution in [0.2, 0.25) is 0 Å². The molecule has 11 heteroatoms. The molecule has 0 atom stereocenters. The molecule has 2 aromatic rings. The molecule has 0 aliphatic heterocycles. The second kappa shape index (κ2) is 7.91. The van der Waals surface area contributed by atoms with E-state index in [9.17, 15) is 31.1 Å². The number of alkyl halides is 6. The standard InChI is InChI=1S/C16H14F6N4O/c17-15(18,19)10-5-9(6-11(7-10)16(20,21)22)14-24-4-2-12(26-14)8-25-13(27)1-3-23/h2,4-7H,1,3,8,23H2,(H,25,27). The lowest BCUT2D eigenvalue weighted by molar-refractivity contribution is -0.143. The molecule has 1 heterocycles. The Kier molecular flexibility index (Phi) is 6.04. The summed E-state index contributed by atoms with van der Waals surface area (Å²) >= 11 is 0. The minimum Gasteiger partial charge on any atom is -0.350 e. The van der Waals surface area contributed by atoms with E-state index in [0.29, 0.717) is 12.1 Å². The van der Waals surface area contributed by atoms with Gasteiger partial charge in [0, 0.05) is 24.7 Å². The van der Waals surface area contributed by atoms with Gasteiger partial charge in [0.25, 0.3) is 0 Å². The van der Waals surface area contributed by atoms with Crippen molar-refractivity contribution in [2.45, 2.75) is 25.3 Å². The highest BCUT2D eigenvalue weighted by atomic mass is 19.4. The van der Waals surface area contributed by atoms with Crippen LogP contribution in [0, 0.1) is 0 Å². The number of nitrogens with one attached hydrogen (secondary N) is 1. The molecule has 1 amide bonds. The molecule has 0 aliphatic rings. The van der Waals surface area contributed by atoms with Crippen molar-refractivity contribution in [3.05, 3.63) is 47.3 Å². The fourth-order valence-electron chi connectivity index (χ4n) is 2.13. The molecule has 5 nitrogen and oxygen atoms in total. The molecule has 146 valence electrons. The summed E-state index contributed by atoms with van der Waals surface area (Å²) in [4.78, 5) is 19.1. The molecule has 0 saturated carbocycles. The second-order valence-electron chi connectivity index (χ2n) is 5.48. The number of halogens is 6. The molecular weight excluding hydrogens is 378 g/mol. The highest BCUT2D eigenvalue weighted by Crippen LogP contribution is 2.38.